The summed E-state index contributed by atoms with van der Waals surface area (Å²) in [5.74, 6) is 0.444. The second kappa shape index (κ2) is 7.78. The number of hydrogen-bond acceptors (Lipinski definition) is 4. The molecule has 0 radical (unpaired) electrons. The van der Waals surface area contributed by atoms with E-state index in [1.165, 1.54) is 11.9 Å². The van der Waals surface area contributed by atoms with Crippen molar-refractivity contribution in [1.82, 2.24) is 9.97 Å². The first-order valence-electron chi connectivity index (χ1n) is 8.61. The van der Waals surface area contributed by atoms with Gasteiger partial charge in [-0.3, -0.25) is 4.79 Å². The number of amides is 1. The summed E-state index contributed by atoms with van der Waals surface area (Å²) in [6, 6.07) is 17.6. The number of anilines is 3. The number of nitrogens with zero attached hydrogens (tertiary/aromatic N) is 3. The van der Waals surface area contributed by atoms with E-state index in [-0.39, 0.29) is 5.91 Å². The summed E-state index contributed by atoms with van der Waals surface area (Å²) in [6.07, 6.45) is 1.43. The topological polar surface area (TPSA) is 58.1 Å². The molecular formula is C21H22N4O. The van der Waals surface area contributed by atoms with Crippen LogP contribution in [0.5, 0.6) is 0 Å². The van der Waals surface area contributed by atoms with Gasteiger partial charge in [0, 0.05) is 24.0 Å². The summed E-state index contributed by atoms with van der Waals surface area (Å²) in [5.41, 5.74) is 4.43. The van der Waals surface area contributed by atoms with Crippen molar-refractivity contribution >= 4 is 23.1 Å². The van der Waals surface area contributed by atoms with Crippen LogP contribution >= 0.6 is 0 Å². The molecular weight excluding hydrogens is 324 g/mol. The van der Waals surface area contributed by atoms with E-state index >= 15 is 0 Å². The van der Waals surface area contributed by atoms with Crippen molar-refractivity contribution < 1.29 is 4.79 Å². The van der Waals surface area contributed by atoms with Crippen molar-refractivity contribution in [3.63, 3.8) is 0 Å². The van der Waals surface area contributed by atoms with Crippen molar-refractivity contribution in [1.29, 1.82) is 0 Å². The minimum absolute atomic E-state index is 0.252. The highest BCUT2D eigenvalue weighted by Crippen LogP contribution is 2.24. The average molecular weight is 346 g/mol. The molecule has 0 unspecified atom stereocenters. The van der Waals surface area contributed by atoms with E-state index in [0.717, 1.165) is 23.5 Å². The van der Waals surface area contributed by atoms with E-state index in [9.17, 15) is 4.79 Å². The van der Waals surface area contributed by atoms with Crippen LogP contribution in [-0.4, -0.2) is 22.4 Å². The molecule has 1 aromatic heterocycles. The molecule has 2 aromatic carbocycles. The van der Waals surface area contributed by atoms with Crippen LogP contribution in [0.15, 0.2) is 60.9 Å². The van der Waals surface area contributed by atoms with Gasteiger partial charge < -0.3 is 10.2 Å². The molecule has 0 fully saturated rings. The Morgan fingerprint density at radius 1 is 1.00 bits per heavy atom. The molecule has 0 aliphatic heterocycles. The molecule has 5 heteroatoms. The molecule has 0 atom stereocenters. The first-order chi connectivity index (χ1) is 12.6. The maximum atomic E-state index is 12.5. The van der Waals surface area contributed by atoms with Gasteiger partial charge in [-0.1, -0.05) is 29.8 Å². The minimum Gasteiger partial charge on any atom is -0.327 e. The molecule has 0 aliphatic carbocycles. The summed E-state index contributed by atoms with van der Waals surface area (Å²) in [5, 5.41) is 2.87. The molecule has 0 saturated carbocycles. The molecule has 132 valence electrons. The second-order valence-electron chi connectivity index (χ2n) is 6.16. The molecule has 0 bridgehead atoms. The lowest BCUT2D eigenvalue weighted by molar-refractivity contribution is 0.102. The number of aromatic nitrogens is 2. The molecule has 0 aliphatic rings. The number of carbonyl (C=O) groups excluding carboxylic acids is 1. The third-order valence-corrected chi connectivity index (χ3v) is 4.10. The lowest BCUT2D eigenvalue weighted by Crippen LogP contribution is -2.20. The van der Waals surface area contributed by atoms with Crippen LogP contribution in [0.4, 0.5) is 17.2 Å². The van der Waals surface area contributed by atoms with E-state index in [4.69, 9.17) is 0 Å². The van der Waals surface area contributed by atoms with Gasteiger partial charge >= 0.3 is 0 Å². The zero-order valence-electron chi connectivity index (χ0n) is 15.2. The Hall–Kier alpha value is -3.21. The highest BCUT2D eigenvalue weighted by molar-refractivity contribution is 6.03. The molecule has 0 saturated heterocycles. The predicted molar refractivity (Wildman–Crippen MR) is 105 cm³/mol. The predicted octanol–water partition coefficient (Wildman–Crippen LogP) is 4.50. The van der Waals surface area contributed by atoms with Crippen molar-refractivity contribution in [2.24, 2.45) is 0 Å². The fraction of sp³-hybridized carbons (Fsp3) is 0.190. The van der Waals surface area contributed by atoms with Gasteiger partial charge in [0.05, 0.1) is 0 Å². The van der Waals surface area contributed by atoms with Crippen LogP contribution in [0.25, 0.3) is 0 Å². The highest BCUT2D eigenvalue weighted by Gasteiger charge is 2.14. The summed E-state index contributed by atoms with van der Waals surface area (Å²) >= 11 is 0. The van der Waals surface area contributed by atoms with Gasteiger partial charge in [0.2, 0.25) is 0 Å². The van der Waals surface area contributed by atoms with Gasteiger partial charge in [-0.05, 0) is 50.6 Å². The Balaban J connectivity index is 1.84. The molecule has 1 N–H and O–H groups in total. The molecule has 0 spiro atoms. The summed E-state index contributed by atoms with van der Waals surface area (Å²) in [4.78, 5) is 23.1. The zero-order valence-corrected chi connectivity index (χ0v) is 15.2. The van der Waals surface area contributed by atoms with Gasteiger partial charge in [-0.15, -0.1) is 0 Å². The molecule has 3 rings (SSSR count). The summed E-state index contributed by atoms with van der Waals surface area (Å²) in [7, 11) is 0. The van der Waals surface area contributed by atoms with E-state index in [2.05, 4.69) is 46.2 Å². The van der Waals surface area contributed by atoms with Gasteiger partial charge in [-0.2, -0.15) is 0 Å². The Morgan fingerprint density at radius 2 is 1.77 bits per heavy atom. The van der Waals surface area contributed by atoms with E-state index in [1.54, 1.807) is 6.07 Å². The Morgan fingerprint density at radius 3 is 2.46 bits per heavy atom. The molecule has 5 nitrogen and oxygen atoms in total. The van der Waals surface area contributed by atoms with Crippen LogP contribution in [0, 0.1) is 13.8 Å². The molecule has 1 heterocycles. The quantitative estimate of drug-likeness (QED) is 0.739. The van der Waals surface area contributed by atoms with Crippen molar-refractivity contribution in [3.05, 3.63) is 77.7 Å². The maximum Gasteiger partial charge on any atom is 0.274 e. The largest absolute Gasteiger partial charge is 0.327 e. The number of benzene rings is 2. The fourth-order valence-corrected chi connectivity index (χ4v) is 2.72. The lowest BCUT2D eigenvalue weighted by Gasteiger charge is -2.22. The highest BCUT2D eigenvalue weighted by atomic mass is 16.1. The lowest BCUT2D eigenvalue weighted by atomic mass is 10.2. The first-order valence-corrected chi connectivity index (χ1v) is 8.61. The van der Waals surface area contributed by atoms with Crippen LogP contribution < -0.4 is 10.2 Å². The number of rotatable bonds is 5. The maximum absolute atomic E-state index is 12.5. The average Bonchev–Trinajstić information content (AvgIpc) is 2.65. The fourth-order valence-electron chi connectivity index (χ4n) is 2.72. The van der Waals surface area contributed by atoms with Crippen LogP contribution in [-0.2, 0) is 0 Å². The zero-order chi connectivity index (χ0) is 18.5. The van der Waals surface area contributed by atoms with Gasteiger partial charge in [0.1, 0.15) is 17.8 Å². The number of nitrogens with one attached hydrogen (secondary N) is 1. The van der Waals surface area contributed by atoms with Crippen LogP contribution in [0.1, 0.15) is 28.5 Å². The molecule has 26 heavy (non-hydrogen) atoms. The molecule has 3 aromatic rings. The van der Waals surface area contributed by atoms with Crippen molar-refractivity contribution in [2.75, 3.05) is 16.8 Å². The van der Waals surface area contributed by atoms with Crippen LogP contribution in [0.3, 0.4) is 0 Å². The second-order valence-corrected chi connectivity index (χ2v) is 6.16. The van der Waals surface area contributed by atoms with E-state index in [1.807, 2.05) is 43.3 Å². The molecule has 1 amide bonds. The van der Waals surface area contributed by atoms with Gasteiger partial charge in [-0.25, -0.2) is 9.97 Å². The minimum atomic E-state index is -0.252. The Kier molecular flexibility index (Phi) is 5.27. The Bertz CT molecular complexity index is 906. The van der Waals surface area contributed by atoms with E-state index < -0.39 is 0 Å². The first kappa shape index (κ1) is 17.6. The summed E-state index contributed by atoms with van der Waals surface area (Å²) < 4.78 is 0. The standard InChI is InChI=1S/C21H22N4O/c1-4-25(18-7-5-6-16(3)12-18)20-13-19(22-14-23-20)21(26)24-17-10-8-15(2)9-11-17/h5-14H,4H2,1-3H3,(H,24,26). The number of carbonyl (C=O) groups is 1. The van der Waals surface area contributed by atoms with Crippen LogP contribution in [0.2, 0.25) is 0 Å². The monoisotopic (exact) mass is 346 g/mol. The van der Waals surface area contributed by atoms with E-state index in [0.29, 0.717) is 11.5 Å². The van der Waals surface area contributed by atoms with Crippen molar-refractivity contribution in [3.8, 4) is 0 Å². The Labute approximate surface area is 153 Å². The third-order valence-electron chi connectivity index (χ3n) is 4.10. The van der Waals surface area contributed by atoms with Gasteiger partial charge in [0.15, 0.2) is 0 Å². The van der Waals surface area contributed by atoms with Gasteiger partial charge in [0.25, 0.3) is 5.91 Å². The van der Waals surface area contributed by atoms with Crippen molar-refractivity contribution in [2.45, 2.75) is 20.8 Å². The normalized spacial score (nSPS) is 10.4. The SMILES string of the molecule is CCN(c1cccc(C)c1)c1cc(C(=O)Nc2ccc(C)cc2)ncn1. The third kappa shape index (κ3) is 4.06. The number of hydrogen-bond donors (Lipinski definition) is 1. The number of aryl methyl sites for hydroxylation is 2. The summed E-state index contributed by atoms with van der Waals surface area (Å²) in [6.45, 7) is 6.85. The smallest absolute Gasteiger partial charge is 0.274 e.